The Hall–Kier alpha value is -3.28. The number of nitrogens with zero attached hydrogens (tertiary/aromatic N) is 3. The minimum absolute atomic E-state index is 0.0338. The standard InChI is InChI=1S/C22H21N3O3/c26-20(14-25-15-23-19-9-5-4-8-18(19)22(25)28)24-12-10-17(11-13-24)21(27)16-6-2-1-3-7-16/h1-9,15,17H,10-14H2. The summed E-state index contributed by atoms with van der Waals surface area (Å²) in [6.45, 7) is 1.02. The van der Waals surface area contributed by atoms with Crippen molar-refractivity contribution in [2.45, 2.75) is 19.4 Å². The van der Waals surface area contributed by atoms with Gasteiger partial charge in [-0.1, -0.05) is 42.5 Å². The number of rotatable bonds is 4. The molecule has 0 aliphatic carbocycles. The van der Waals surface area contributed by atoms with Crippen LogP contribution in [0.4, 0.5) is 0 Å². The van der Waals surface area contributed by atoms with Crippen molar-refractivity contribution < 1.29 is 9.59 Å². The van der Waals surface area contributed by atoms with Crippen LogP contribution in [0.5, 0.6) is 0 Å². The summed E-state index contributed by atoms with van der Waals surface area (Å²) in [5.74, 6) is -0.0380. The summed E-state index contributed by atoms with van der Waals surface area (Å²) in [6, 6.07) is 16.4. The Morgan fingerprint density at radius 3 is 2.39 bits per heavy atom. The molecule has 28 heavy (non-hydrogen) atoms. The van der Waals surface area contributed by atoms with E-state index in [-0.39, 0.29) is 29.7 Å². The lowest BCUT2D eigenvalue weighted by atomic mass is 9.89. The van der Waals surface area contributed by atoms with Crippen molar-refractivity contribution in [2.75, 3.05) is 13.1 Å². The third-order valence-electron chi connectivity index (χ3n) is 5.31. The highest BCUT2D eigenvalue weighted by atomic mass is 16.2. The van der Waals surface area contributed by atoms with Gasteiger partial charge < -0.3 is 4.90 Å². The molecule has 3 aromatic rings. The van der Waals surface area contributed by atoms with Gasteiger partial charge in [-0.2, -0.15) is 0 Å². The van der Waals surface area contributed by atoms with Gasteiger partial charge in [-0.25, -0.2) is 4.98 Å². The Morgan fingerprint density at radius 2 is 1.64 bits per heavy atom. The van der Waals surface area contributed by atoms with Gasteiger partial charge >= 0.3 is 0 Å². The average molecular weight is 375 g/mol. The molecule has 1 amide bonds. The summed E-state index contributed by atoms with van der Waals surface area (Å²) < 4.78 is 1.35. The molecule has 1 saturated heterocycles. The van der Waals surface area contributed by atoms with E-state index in [1.165, 1.54) is 10.9 Å². The molecule has 0 bridgehead atoms. The van der Waals surface area contributed by atoms with Crippen molar-refractivity contribution in [2.24, 2.45) is 5.92 Å². The number of para-hydroxylation sites is 1. The van der Waals surface area contributed by atoms with Gasteiger partial charge in [0.1, 0.15) is 6.54 Å². The first-order valence-corrected chi connectivity index (χ1v) is 9.45. The maximum Gasteiger partial charge on any atom is 0.261 e. The van der Waals surface area contributed by atoms with E-state index in [9.17, 15) is 14.4 Å². The largest absolute Gasteiger partial charge is 0.341 e. The molecule has 0 unspecified atom stereocenters. The zero-order valence-corrected chi connectivity index (χ0v) is 15.5. The zero-order chi connectivity index (χ0) is 19.5. The predicted molar refractivity (Wildman–Crippen MR) is 106 cm³/mol. The summed E-state index contributed by atoms with van der Waals surface area (Å²) >= 11 is 0. The molecule has 0 spiro atoms. The number of fused-ring (bicyclic) bond motifs is 1. The van der Waals surface area contributed by atoms with E-state index >= 15 is 0 Å². The van der Waals surface area contributed by atoms with Crippen LogP contribution in [0.15, 0.2) is 65.7 Å². The molecule has 1 aromatic heterocycles. The summed E-state index contributed by atoms with van der Waals surface area (Å²) in [5.41, 5.74) is 1.13. The smallest absolute Gasteiger partial charge is 0.261 e. The lowest BCUT2D eigenvalue weighted by molar-refractivity contribution is -0.133. The molecule has 0 radical (unpaired) electrons. The fraction of sp³-hybridized carbons (Fsp3) is 0.273. The molecule has 6 nitrogen and oxygen atoms in total. The molecule has 0 atom stereocenters. The minimum Gasteiger partial charge on any atom is -0.341 e. The van der Waals surface area contributed by atoms with Crippen LogP contribution in [-0.2, 0) is 11.3 Å². The second-order valence-corrected chi connectivity index (χ2v) is 7.08. The second-order valence-electron chi connectivity index (χ2n) is 7.08. The van der Waals surface area contributed by atoms with Gasteiger partial charge in [0.25, 0.3) is 5.56 Å². The minimum atomic E-state index is -0.215. The van der Waals surface area contributed by atoms with Crippen LogP contribution in [0.2, 0.25) is 0 Å². The second kappa shape index (κ2) is 7.76. The molecule has 1 aliphatic heterocycles. The molecular weight excluding hydrogens is 354 g/mol. The van der Waals surface area contributed by atoms with E-state index in [1.807, 2.05) is 36.4 Å². The van der Waals surface area contributed by atoms with Gasteiger partial charge in [-0.15, -0.1) is 0 Å². The Bertz CT molecular complexity index is 1070. The number of piperidine rings is 1. The highest BCUT2D eigenvalue weighted by molar-refractivity contribution is 5.98. The SMILES string of the molecule is O=C(c1ccccc1)C1CCN(C(=O)Cn2cnc3ccccc3c2=O)CC1. The monoisotopic (exact) mass is 375 g/mol. The van der Waals surface area contributed by atoms with Crippen LogP contribution in [0, 0.1) is 5.92 Å². The van der Waals surface area contributed by atoms with Gasteiger partial charge in [0.15, 0.2) is 5.78 Å². The van der Waals surface area contributed by atoms with Crippen LogP contribution in [0.25, 0.3) is 10.9 Å². The number of ketones is 1. The lowest BCUT2D eigenvalue weighted by Gasteiger charge is -2.31. The topological polar surface area (TPSA) is 72.3 Å². The maximum absolute atomic E-state index is 12.7. The first-order chi connectivity index (χ1) is 13.6. The van der Waals surface area contributed by atoms with Crippen LogP contribution in [0.3, 0.4) is 0 Å². The van der Waals surface area contributed by atoms with Crippen molar-refractivity contribution in [3.8, 4) is 0 Å². The van der Waals surface area contributed by atoms with Crippen LogP contribution in [-0.4, -0.2) is 39.2 Å². The molecule has 142 valence electrons. The normalized spacial score (nSPS) is 14.9. The number of Topliss-reactive ketones (excluding diaryl/α,β-unsaturated/α-hetero) is 1. The van der Waals surface area contributed by atoms with Gasteiger partial charge in [0.2, 0.25) is 5.91 Å². The zero-order valence-electron chi connectivity index (χ0n) is 15.5. The molecular formula is C22H21N3O3. The Labute approximate surface area is 162 Å². The molecule has 1 fully saturated rings. The van der Waals surface area contributed by atoms with Crippen molar-refractivity contribution in [1.29, 1.82) is 0 Å². The van der Waals surface area contributed by atoms with E-state index in [4.69, 9.17) is 0 Å². The van der Waals surface area contributed by atoms with Crippen molar-refractivity contribution >= 4 is 22.6 Å². The van der Waals surface area contributed by atoms with Gasteiger partial charge in [-0.05, 0) is 25.0 Å². The number of carbonyl (C=O) groups excluding carboxylic acids is 2. The van der Waals surface area contributed by atoms with Crippen molar-refractivity contribution in [1.82, 2.24) is 14.5 Å². The third kappa shape index (κ3) is 3.58. The van der Waals surface area contributed by atoms with Gasteiger partial charge in [0.05, 0.1) is 17.2 Å². The molecule has 2 aromatic carbocycles. The molecule has 0 N–H and O–H groups in total. The summed E-state index contributed by atoms with van der Waals surface area (Å²) in [6.07, 6.45) is 2.71. The first-order valence-electron chi connectivity index (χ1n) is 9.45. The van der Waals surface area contributed by atoms with E-state index in [2.05, 4.69) is 4.98 Å². The summed E-state index contributed by atoms with van der Waals surface area (Å²) in [7, 11) is 0. The van der Waals surface area contributed by atoms with E-state index in [1.54, 1.807) is 23.1 Å². The van der Waals surface area contributed by atoms with Crippen molar-refractivity contribution in [3.05, 3.63) is 76.8 Å². The maximum atomic E-state index is 12.7. The Morgan fingerprint density at radius 1 is 0.964 bits per heavy atom. The molecule has 6 heteroatoms. The molecule has 0 saturated carbocycles. The summed E-state index contributed by atoms with van der Waals surface area (Å²) in [5, 5.41) is 0.505. The molecule has 4 rings (SSSR count). The number of benzene rings is 2. The summed E-state index contributed by atoms with van der Waals surface area (Å²) in [4.78, 5) is 43.8. The molecule has 2 heterocycles. The fourth-order valence-corrected chi connectivity index (χ4v) is 3.69. The highest BCUT2D eigenvalue weighted by Crippen LogP contribution is 2.22. The Kier molecular flexibility index (Phi) is 5.02. The number of carbonyl (C=O) groups is 2. The number of hydrogen-bond donors (Lipinski definition) is 0. The number of aromatic nitrogens is 2. The van der Waals surface area contributed by atoms with E-state index in [0.29, 0.717) is 36.8 Å². The highest BCUT2D eigenvalue weighted by Gasteiger charge is 2.28. The average Bonchev–Trinajstić information content (AvgIpc) is 2.76. The predicted octanol–water partition coefficient (Wildman–Crippen LogP) is 2.52. The van der Waals surface area contributed by atoms with Crippen molar-refractivity contribution in [3.63, 3.8) is 0 Å². The van der Waals surface area contributed by atoms with Gasteiger partial charge in [0, 0.05) is 24.6 Å². The third-order valence-corrected chi connectivity index (χ3v) is 5.31. The fourth-order valence-electron chi connectivity index (χ4n) is 3.69. The van der Waals surface area contributed by atoms with Crippen LogP contribution >= 0.6 is 0 Å². The number of amides is 1. The number of likely N-dealkylation sites (tertiary alicyclic amines) is 1. The lowest BCUT2D eigenvalue weighted by Crippen LogP contribution is -2.42. The van der Waals surface area contributed by atoms with Crippen LogP contribution < -0.4 is 5.56 Å². The van der Waals surface area contributed by atoms with Gasteiger partial charge in [-0.3, -0.25) is 19.0 Å². The number of hydrogen-bond acceptors (Lipinski definition) is 4. The molecule has 1 aliphatic rings. The van der Waals surface area contributed by atoms with Crippen LogP contribution in [0.1, 0.15) is 23.2 Å². The quantitative estimate of drug-likeness (QED) is 0.657. The van der Waals surface area contributed by atoms with E-state index < -0.39 is 0 Å². The van der Waals surface area contributed by atoms with E-state index in [0.717, 1.165) is 5.56 Å². The Balaban J connectivity index is 1.40. The first kappa shape index (κ1) is 18.1.